The fourth-order valence-corrected chi connectivity index (χ4v) is 2.75. The predicted octanol–water partition coefficient (Wildman–Crippen LogP) is 4.15. The van der Waals surface area contributed by atoms with Crippen LogP contribution in [0.1, 0.15) is 21.8 Å². The first kappa shape index (κ1) is 16.8. The van der Waals surface area contributed by atoms with Gasteiger partial charge in [0, 0.05) is 24.4 Å². The standard InChI is InChI=1S/C21H18N4O2/c1-15-22-12-20(27-15)17-7-9-19(10-8-17)24-21(26)18-11-23-25(14-18)13-16-5-3-2-4-6-16/h2-12,14H,13H2,1H3,(H,24,26). The molecule has 2 aromatic heterocycles. The van der Waals surface area contributed by atoms with Crippen LogP contribution in [0.5, 0.6) is 0 Å². The minimum absolute atomic E-state index is 0.197. The van der Waals surface area contributed by atoms with Crippen LogP contribution >= 0.6 is 0 Å². The highest BCUT2D eigenvalue weighted by molar-refractivity contribution is 6.04. The normalized spacial score (nSPS) is 10.7. The van der Waals surface area contributed by atoms with E-state index in [1.807, 2.05) is 54.6 Å². The second-order valence-corrected chi connectivity index (χ2v) is 6.19. The lowest BCUT2D eigenvalue weighted by molar-refractivity contribution is 0.102. The lowest BCUT2D eigenvalue weighted by Crippen LogP contribution is -2.11. The van der Waals surface area contributed by atoms with E-state index in [2.05, 4.69) is 15.4 Å². The Morgan fingerprint density at radius 1 is 1.07 bits per heavy atom. The molecule has 0 radical (unpaired) electrons. The Bertz CT molecular complexity index is 1050. The van der Waals surface area contributed by atoms with Crippen molar-refractivity contribution >= 4 is 11.6 Å². The molecular formula is C21H18N4O2. The number of carbonyl (C=O) groups excluding carboxylic acids is 1. The van der Waals surface area contributed by atoms with Gasteiger partial charge in [-0.15, -0.1) is 0 Å². The molecule has 4 rings (SSSR count). The van der Waals surface area contributed by atoms with Crippen molar-refractivity contribution in [3.05, 3.63) is 90.2 Å². The summed E-state index contributed by atoms with van der Waals surface area (Å²) in [5.74, 6) is 1.13. The van der Waals surface area contributed by atoms with E-state index in [9.17, 15) is 4.79 Å². The Labute approximate surface area is 156 Å². The molecule has 1 N–H and O–H groups in total. The monoisotopic (exact) mass is 358 g/mol. The highest BCUT2D eigenvalue weighted by atomic mass is 16.4. The topological polar surface area (TPSA) is 73.0 Å². The van der Waals surface area contributed by atoms with Crippen molar-refractivity contribution in [1.82, 2.24) is 14.8 Å². The molecule has 6 nitrogen and oxygen atoms in total. The number of amides is 1. The highest BCUT2D eigenvalue weighted by Crippen LogP contribution is 2.22. The summed E-state index contributed by atoms with van der Waals surface area (Å²) in [6.45, 7) is 2.43. The van der Waals surface area contributed by atoms with Gasteiger partial charge in [-0.05, 0) is 29.8 Å². The molecule has 0 aliphatic rings. The molecule has 0 aliphatic carbocycles. The number of hydrogen-bond acceptors (Lipinski definition) is 4. The average Bonchev–Trinajstić information content (AvgIpc) is 3.32. The number of anilines is 1. The number of rotatable bonds is 5. The number of nitrogens with one attached hydrogen (secondary N) is 1. The van der Waals surface area contributed by atoms with Gasteiger partial charge < -0.3 is 9.73 Å². The maximum atomic E-state index is 12.4. The lowest BCUT2D eigenvalue weighted by atomic mass is 10.1. The van der Waals surface area contributed by atoms with Crippen LogP contribution in [0.25, 0.3) is 11.3 Å². The smallest absolute Gasteiger partial charge is 0.258 e. The molecule has 0 bridgehead atoms. The molecule has 2 heterocycles. The van der Waals surface area contributed by atoms with Crippen molar-refractivity contribution < 1.29 is 9.21 Å². The molecule has 0 saturated heterocycles. The predicted molar refractivity (Wildman–Crippen MR) is 102 cm³/mol. The summed E-state index contributed by atoms with van der Waals surface area (Å²) in [4.78, 5) is 16.5. The maximum absolute atomic E-state index is 12.4. The molecule has 4 aromatic rings. The van der Waals surface area contributed by atoms with E-state index in [1.165, 1.54) is 0 Å². The summed E-state index contributed by atoms with van der Waals surface area (Å²) in [5.41, 5.74) is 3.26. The molecule has 0 unspecified atom stereocenters. The lowest BCUT2D eigenvalue weighted by Gasteiger charge is -2.04. The fourth-order valence-electron chi connectivity index (χ4n) is 2.75. The summed E-state index contributed by atoms with van der Waals surface area (Å²) in [6.07, 6.45) is 5.00. The Morgan fingerprint density at radius 3 is 2.56 bits per heavy atom. The van der Waals surface area contributed by atoms with Crippen LogP contribution in [-0.4, -0.2) is 20.7 Å². The summed E-state index contributed by atoms with van der Waals surface area (Å²) < 4.78 is 7.25. The first-order valence-corrected chi connectivity index (χ1v) is 8.58. The van der Waals surface area contributed by atoms with Crippen molar-refractivity contribution in [2.24, 2.45) is 0 Å². The van der Waals surface area contributed by atoms with Crippen LogP contribution in [0.15, 0.2) is 77.6 Å². The largest absolute Gasteiger partial charge is 0.441 e. The van der Waals surface area contributed by atoms with Crippen LogP contribution in [0.2, 0.25) is 0 Å². The molecule has 6 heteroatoms. The van der Waals surface area contributed by atoms with Gasteiger partial charge in [-0.25, -0.2) is 4.98 Å². The third-order valence-corrected chi connectivity index (χ3v) is 4.13. The molecule has 0 atom stereocenters. The molecule has 0 aliphatic heterocycles. The van der Waals surface area contributed by atoms with Gasteiger partial charge in [0.15, 0.2) is 11.7 Å². The second kappa shape index (κ2) is 7.29. The first-order valence-electron chi connectivity index (χ1n) is 8.58. The number of carbonyl (C=O) groups is 1. The zero-order chi connectivity index (χ0) is 18.6. The molecule has 2 aromatic carbocycles. The van der Waals surface area contributed by atoms with E-state index in [1.54, 1.807) is 30.2 Å². The van der Waals surface area contributed by atoms with E-state index in [4.69, 9.17) is 4.42 Å². The molecule has 27 heavy (non-hydrogen) atoms. The molecular weight excluding hydrogens is 340 g/mol. The number of oxazole rings is 1. The van der Waals surface area contributed by atoms with Gasteiger partial charge in [0.25, 0.3) is 5.91 Å². The van der Waals surface area contributed by atoms with Gasteiger partial charge in [0.05, 0.1) is 24.5 Å². The number of aryl methyl sites for hydroxylation is 1. The fraction of sp³-hybridized carbons (Fsp3) is 0.0952. The van der Waals surface area contributed by atoms with Crippen LogP contribution < -0.4 is 5.32 Å². The Morgan fingerprint density at radius 2 is 1.85 bits per heavy atom. The molecule has 0 fully saturated rings. The molecule has 1 amide bonds. The van der Waals surface area contributed by atoms with Gasteiger partial charge in [-0.3, -0.25) is 9.48 Å². The van der Waals surface area contributed by atoms with Crippen molar-refractivity contribution in [2.75, 3.05) is 5.32 Å². The van der Waals surface area contributed by atoms with Crippen LogP contribution in [0.3, 0.4) is 0 Å². The minimum atomic E-state index is -0.197. The van der Waals surface area contributed by atoms with Crippen molar-refractivity contribution in [3.8, 4) is 11.3 Å². The molecule has 0 spiro atoms. The van der Waals surface area contributed by atoms with Crippen LogP contribution in [0.4, 0.5) is 5.69 Å². The van der Waals surface area contributed by atoms with Gasteiger partial charge in [-0.2, -0.15) is 5.10 Å². The van der Waals surface area contributed by atoms with E-state index in [0.717, 1.165) is 11.1 Å². The number of nitrogens with zero attached hydrogens (tertiary/aromatic N) is 3. The Kier molecular flexibility index (Phi) is 4.53. The zero-order valence-corrected chi connectivity index (χ0v) is 14.8. The molecule has 0 saturated carbocycles. The third kappa shape index (κ3) is 3.95. The zero-order valence-electron chi connectivity index (χ0n) is 14.8. The van der Waals surface area contributed by atoms with Gasteiger partial charge >= 0.3 is 0 Å². The van der Waals surface area contributed by atoms with Crippen LogP contribution in [-0.2, 0) is 6.54 Å². The summed E-state index contributed by atoms with van der Waals surface area (Å²) >= 11 is 0. The van der Waals surface area contributed by atoms with E-state index >= 15 is 0 Å². The van der Waals surface area contributed by atoms with Crippen molar-refractivity contribution in [2.45, 2.75) is 13.5 Å². The minimum Gasteiger partial charge on any atom is -0.441 e. The number of benzene rings is 2. The number of hydrogen-bond donors (Lipinski definition) is 1. The highest BCUT2D eigenvalue weighted by Gasteiger charge is 2.10. The van der Waals surface area contributed by atoms with Gasteiger partial charge in [-0.1, -0.05) is 30.3 Å². The second-order valence-electron chi connectivity index (χ2n) is 6.19. The SMILES string of the molecule is Cc1ncc(-c2ccc(NC(=O)c3cnn(Cc4ccccc4)c3)cc2)o1. The quantitative estimate of drug-likeness (QED) is 0.582. The summed E-state index contributed by atoms with van der Waals surface area (Å²) in [7, 11) is 0. The third-order valence-electron chi connectivity index (χ3n) is 4.13. The Hall–Kier alpha value is -3.67. The summed E-state index contributed by atoms with van der Waals surface area (Å²) in [5, 5.41) is 7.15. The Balaban J connectivity index is 1.42. The van der Waals surface area contributed by atoms with Crippen molar-refractivity contribution in [1.29, 1.82) is 0 Å². The average molecular weight is 358 g/mol. The maximum Gasteiger partial charge on any atom is 0.258 e. The van der Waals surface area contributed by atoms with Gasteiger partial charge in [0.2, 0.25) is 0 Å². The van der Waals surface area contributed by atoms with E-state index < -0.39 is 0 Å². The van der Waals surface area contributed by atoms with E-state index in [0.29, 0.717) is 29.4 Å². The van der Waals surface area contributed by atoms with Crippen LogP contribution in [0, 0.1) is 6.92 Å². The van der Waals surface area contributed by atoms with E-state index in [-0.39, 0.29) is 5.91 Å². The van der Waals surface area contributed by atoms with Gasteiger partial charge in [0.1, 0.15) is 0 Å². The molecule has 134 valence electrons. The number of aromatic nitrogens is 3. The van der Waals surface area contributed by atoms with Crippen molar-refractivity contribution in [3.63, 3.8) is 0 Å². The summed E-state index contributed by atoms with van der Waals surface area (Å²) in [6, 6.07) is 17.4. The first-order chi connectivity index (χ1) is 13.2.